The van der Waals surface area contributed by atoms with E-state index in [0.29, 0.717) is 0 Å². The smallest absolute Gasteiger partial charge is 0.227 e. The maximum absolute atomic E-state index is 5.80. The van der Waals surface area contributed by atoms with Gasteiger partial charge in [0.2, 0.25) is 9.04 Å². The fraction of sp³-hybridized carbons (Fsp3) is 0. The summed E-state index contributed by atoms with van der Waals surface area (Å²) in [6.45, 7) is 0. The molecule has 0 saturated heterocycles. The number of hydrogen-bond acceptors (Lipinski definition) is 3. The highest BCUT2D eigenvalue weighted by atomic mass is 28.3. The van der Waals surface area contributed by atoms with Crippen molar-refractivity contribution in [1.82, 2.24) is 0 Å². The molecule has 5 heteroatoms. The highest BCUT2D eigenvalue weighted by Crippen LogP contribution is 2.01. The molecule has 4 N–H and O–H groups in total. The molecule has 2 aromatic rings. The van der Waals surface area contributed by atoms with Gasteiger partial charge in [0.15, 0.2) is 0 Å². The van der Waals surface area contributed by atoms with Crippen LogP contribution in [0.3, 0.4) is 0 Å². The van der Waals surface area contributed by atoms with Crippen LogP contribution in [0.15, 0.2) is 48.5 Å². The van der Waals surface area contributed by atoms with Gasteiger partial charge in [0, 0.05) is 11.4 Å². The molecule has 0 bridgehead atoms. The Morgan fingerprint density at radius 3 is 1.41 bits per heavy atom. The van der Waals surface area contributed by atoms with Crippen LogP contribution >= 0.6 is 0 Å². The van der Waals surface area contributed by atoms with Gasteiger partial charge in [0.25, 0.3) is 0 Å². The van der Waals surface area contributed by atoms with Crippen LogP contribution in [0.4, 0.5) is 11.4 Å². The number of hydrogen-bond donors (Lipinski definition) is 2. The van der Waals surface area contributed by atoms with E-state index < -0.39 is 9.04 Å². The second-order valence-corrected chi connectivity index (χ2v) is 7.93. The average molecular weight is 260 g/mol. The van der Waals surface area contributed by atoms with Crippen molar-refractivity contribution in [2.75, 3.05) is 11.5 Å². The molecular weight excluding hydrogens is 244 g/mol. The summed E-state index contributed by atoms with van der Waals surface area (Å²) in [6.07, 6.45) is 0. The van der Waals surface area contributed by atoms with Gasteiger partial charge in [-0.05, 0) is 34.6 Å². The summed E-state index contributed by atoms with van der Waals surface area (Å²) < 4.78 is 5.80. The van der Waals surface area contributed by atoms with Crippen molar-refractivity contribution in [2.45, 2.75) is 0 Å². The largest absolute Gasteiger partial charge is 0.459 e. The number of nitrogen functional groups attached to an aromatic ring is 2. The molecule has 0 spiro atoms. The molecule has 2 aromatic carbocycles. The zero-order valence-corrected chi connectivity index (χ0v) is 12.9. The lowest BCUT2D eigenvalue weighted by atomic mass is 10.3. The Balaban J connectivity index is 2.33. The zero-order chi connectivity index (χ0) is 12.3. The van der Waals surface area contributed by atoms with Crippen molar-refractivity contribution >= 4 is 41.3 Å². The first-order chi connectivity index (χ1) is 8.20. The Bertz CT molecular complexity index is 439. The topological polar surface area (TPSA) is 61.3 Å². The Morgan fingerprint density at radius 1 is 0.765 bits per heavy atom. The van der Waals surface area contributed by atoms with Gasteiger partial charge in [-0.2, -0.15) is 0 Å². The third-order valence-corrected chi connectivity index (χ3v) is 6.58. The van der Waals surface area contributed by atoms with Crippen molar-refractivity contribution in [2.24, 2.45) is 0 Å². The molecule has 0 aliphatic carbocycles. The predicted octanol–water partition coefficient (Wildman–Crippen LogP) is -1.01. The third-order valence-electron chi connectivity index (χ3n) is 2.71. The van der Waals surface area contributed by atoms with Gasteiger partial charge in [0.05, 0.1) is 0 Å². The van der Waals surface area contributed by atoms with E-state index in [9.17, 15) is 0 Å². The van der Waals surface area contributed by atoms with Gasteiger partial charge in [-0.15, -0.1) is 0 Å². The van der Waals surface area contributed by atoms with Gasteiger partial charge < -0.3 is 15.6 Å². The first-order valence-electron chi connectivity index (χ1n) is 5.44. The molecule has 2 rings (SSSR count). The van der Waals surface area contributed by atoms with E-state index in [1.165, 1.54) is 10.4 Å². The minimum Gasteiger partial charge on any atom is -0.459 e. The van der Waals surface area contributed by atoms with Gasteiger partial charge in [-0.1, -0.05) is 24.3 Å². The zero-order valence-electron chi connectivity index (χ0n) is 9.76. The number of benzene rings is 2. The van der Waals surface area contributed by atoms with Crippen LogP contribution in [0.5, 0.6) is 0 Å². The summed E-state index contributed by atoms with van der Waals surface area (Å²) in [5, 5.41) is 2.50. The molecule has 0 radical (unpaired) electrons. The predicted molar refractivity (Wildman–Crippen MR) is 79.1 cm³/mol. The third kappa shape index (κ3) is 2.76. The lowest BCUT2D eigenvalue weighted by Gasteiger charge is -2.15. The van der Waals surface area contributed by atoms with E-state index in [4.69, 9.17) is 15.6 Å². The maximum atomic E-state index is 5.80. The molecule has 88 valence electrons. The lowest BCUT2D eigenvalue weighted by molar-refractivity contribution is 0.661. The van der Waals surface area contributed by atoms with Gasteiger partial charge in [0.1, 0.15) is 10.5 Å². The molecule has 3 nitrogen and oxygen atoms in total. The first-order valence-corrected chi connectivity index (χ1v) is 7.88. The number of rotatable bonds is 3. The van der Waals surface area contributed by atoms with Crippen molar-refractivity contribution in [3.8, 4) is 0 Å². The number of anilines is 2. The average Bonchev–Trinajstić information content (AvgIpc) is 2.35. The molecule has 0 fully saturated rings. The first kappa shape index (κ1) is 11.9. The Kier molecular flexibility index (Phi) is 3.62. The Morgan fingerprint density at radius 2 is 1.12 bits per heavy atom. The van der Waals surface area contributed by atoms with Crippen LogP contribution in [0, 0.1) is 0 Å². The standard InChI is InChI=1S/C12H16N2OSi2/c13-9-1-5-11(6-2-9)17(15-16)12-7-3-10(14)4-8-12/h1-8,17H,13-14H2,16H3. The van der Waals surface area contributed by atoms with E-state index in [1.54, 1.807) is 0 Å². The van der Waals surface area contributed by atoms with Crippen molar-refractivity contribution in [3.05, 3.63) is 48.5 Å². The summed E-state index contributed by atoms with van der Waals surface area (Å²) in [4.78, 5) is 0. The van der Waals surface area contributed by atoms with Crippen LogP contribution in [0.1, 0.15) is 0 Å². The van der Waals surface area contributed by atoms with Crippen LogP contribution < -0.4 is 21.8 Å². The Hall–Kier alpha value is -1.57. The van der Waals surface area contributed by atoms with Crippen molar-refractivity contribution < 1.29 is 4.12 Å². The molecule has 0 aliphatic rings. The monoisotopic (exact) mass is 260 g/mol. The molecule has 0 aromatic heterocycles. The van der Waals surface area contributed by atoms with Crippen molar-refractivity contribution in [1.29, 1.82) is 0 Å². The fourth-order valence-electron chi connectivity index (χ4n) is 1.81. The SMILES string of the molecule is Nc1ccc([SiH](O[SiH3])c2ccc(N)cc2)cc1. The molecule has 0 heterocycles. The van der Waals surface area contributed by atoms with Gasteiger partial charge in [-0.25, -0.2) is 0 Å². The molecule has 0 atom stereocenters. The van der Waals surface area contributed by atoms with Crippen LogP contribution in [0.25, 0.3) is 0 Å². The minimum atomic E-state index is -1.52. The van der Waals surface area contributed by atoms with Crippen LogP contribution in [-0.2, 0) is 4.12 Å². The summed E-state index contributed by atoms with van der Waals surface area (Å²) >= 11 is 0. The quantitative estimate of drug-likeness (QED) is 0.549. The van der Waals surface area contributed by atoms with E-state index in [0.717, 1.165) is 21.9 Å². The summed E-state index contributed by atoms with van der Waals surface area (Å²) in [6, 6.07) is 15.9. The molecular formula is C12H16N2OSi2. The lowest BCUT2D eigenvalue weighted by Crippen LogP contribution is -2.44. The van der Waals surface area contributed by atoms with Crippen LogP contribution in [-0.4, -0.2) is 19.5 Å². The van der Waals surface area contributed by atoms with Crippen LogP contribution in [0.2, 0.25) is 0 Å². The minimum absolute atomic E-state index is 0.737. The number of nitrogens with two attached hydrogens (primary N) is 2. The summed E-state index contributed by atoms with van der Waals surface area (Å²) in [5.41, 5.74) is 13.0. The molecule has 0 saturated carbocycles. The maximum Gasteiger partial charge on any atom is 0.227 e. The molecule has 0 unspecified atom stereocenters. The van der Waals surface area contributed by atoms with Crippen molar-refractivity contribution in [3.63, 3.8) is 0 Å². The Labute approximate surface area is 106 Å². The van der Waals surface area contributed by atoms with E-state index in [-0.39, 0.29) is 0 Å². The van der Waals surface area contributed by atoms with E-state index in [1.807, 2.05) is 24.3 Å². The molecule has 0 aliphatic heterocycles. The summed E-state index contributed by atoms with van der Waals surface area (Å²) in [5.74, 6) is 0. The molecule has 0 amide bonds. The summed E-state index contributed by atoms with van der Waals surface area (Å²) in [7, 11) is -0.783. The van der Waals surface area contributed by atoms with Gasteiger partial charge in [-0.3, -0.25) is 0 Å². The van der Waals surface area contributed by atoms with E-state index >= 15 is 0 Å². The second-order valence-electron chi connectivity index (χ2n) is 3.95. The fourth-order valence-corrected chi connectivity index (χ4v) is 5.45. The highest BCUT2D eigenvalue weighted by molar-refractivity contribution is 6.81. The normalized spacial score (nSPS) is 10.9. The second kappa shape index (κ2) is 5.18. The highest BCUT2D eigenvalue weighted by Gasteiger charge is 2.15. The van der Waals surface area contributed by atoms with E-state index in [2.05, 4.69) is 24.3 Å². The molecule has 17 heavy (non-hydrogen) atoms. The van der Waals surface area contributed by atoms with Gasteiger partial charge >= 0.3 is 0 Å².